The molecule has 0 radical (unpaired) electrons. The predicted molar refractivity (Wildman–Crippen MR) is 90.2 cm³/mol. The Morgan fingerprint density at radius 2 is 2.04 bits per heavy atom. The van der Waals surface area contributed by atoms with Crippen molar-refractivity contribution < 1.29 is 19.1 Å². The Kier molecular flexibility index (Phi) is 5.94. The average molecular weight is 336 g/mol. The highest BCUT2D eigenvalue weighted by atomic mass is 19.1. The number of benzene rings is 1. The van der Waals surface area contributed by atoms with Crippen molar-refractivity contribution in [2.24, 2.45) is 11.8 Å². The number of aliphatic hydroxyl groups excluding tert-OH is 1. The zero-order valence-electron chi connectivity index (χ0n) is 14.4. The number of nitrogens with zero attached hydrogens (tertiary/aromatic N) is 1. The first-order valence-electron chi connectivity index (χ1n) is 8.31. The molecule has 5 nitrogen and oxygen atoms in total. The van der Waals surface area contributed by atoms with Gasteiger partial charge in [-0.1, -0.05) is 13.8 Å². The van der Waals surface area contributed by atoms with E-state index in [2.05, 4.69) is 5.32 Å². The lowest BCUT2D eigenvalue weighted by Gasteiger charge is -2.21. The van der Waals surface area contributed by atoms with Crippen molar-refractivity contribution in [1.82, 2.24) is 4.90 Å². The third-order valence-corrected chi connectivity index (χ3v) is 4.06. The van der Waals surface area contributed by atoms with Crippen LogP contribution in [0.25, 0.3) is 0 Å². The van der Waals surface area contributed by atoms with E-state index in [1.807, 2.05) is 13.8 Å². The smallest absolute Gasteiger partial charge is 0.253 e. The molecule has 1 unspecified atom stereocenters. The number of nitrogens with one attached hydrogen (secondary N) is 1. The summed E-state index contributed by atoms with van der Waals surface area (Å²) in [5.41, 5.74) is 0.262. The summed E-state index contributed by atoms with van der Waals surface area (Å²) in [6, 6.07) is 4.00. The summed E-state index contributed by atoms with van der Waals surface area (Å²) in [6.07, 6.45) is 1.76. The second-order valence-corrected chi connectivity index (χ2v) is 6.93. The Morgan fingerprint density at radius 1 is 1.38 bits per heavy atom. The topological polar surface area (TPSA) is 69.6 Å². The second-order valence-electron chi connectivity index (χ2n) is 6.93. The van der Waals surface area contributed by atoms with Crippen molar-refractivity contribution >= 4 is 17.5 Å². The first-order valence-corrected chi connectivity index (χ1v) is 8.31. The Labute approximate surface area is 141 Å². The summed E-state index contributed by atoms with van der Waals surface area (Å²) < 4.78 is 14.1. The van der Waals surface area contributed by atoms with E-state index < -0.39 is 11.9 Å². The van der Waals surface area contributed by atoms with Crippen LogP contribution in [0.3, 0.4) is 0 Å². The first kappa shape index (κ1) is 18.4. The van der Waals surface area contributed by atoms with Gasteiger partial charge in [-0.2, -0.15) is 0 Å². The molecule has 1 aromatic rings. The van der Waals surface area contributed by atoms with Crippen LogP contribution in [0, 0.1) is 17.7 Å². The van der Waals surface area contributed by atoms with Crippen LogP contribution in [0.15, 0.2) is 18.2 Å². The zero-order valence-corrected chi connectivity index (χ0v) is 14.4. The number of carbonyl (C=O) groups is 2. The van der Waals surface area contributed by atoms with Gasteiger partial charge in [0, 0.05) is 25.6 Å². The van der Waals surface area contributed by atoms with Gasteiger partial charge >= 0.3 is 0 Å². The van der Waals surface area contributed by atoms with Gasteiger partial charge in [-0.15, -0.1) is 0 Å². The minimum Gasteiger partial charge on any atom is -0.391 e. The van der Waals surface area contributed by atoms with E-state index in [1.165, 1.54) is 17.0 Å². The number of halogens is 1. The van der Waals surface area contributed by atoms with E-state index in [1.54, 1.807) is 7.05 Å². The maximum Gasteiger partial charge on any atom is 0.253 e. The summed E-state index contributed by atoms with van der Waals surface area (Å²) in [6.45, 7) is 4.05. The Hall–Kier alpha value is -1.95. The average Bonchev–Trinajstić information content (AvgIpc) is 3.32. The molecule has 1 saturated carbocycles. The molecule has 0 spiro atoms. The fourth-order valence-corrected chi connectivity index (χ4v) is 2.54. The molecular weight excluding hydrogens is 311 g/mol. The van der Waals surface area contributed by atoms with Crippen LogP contribution in [0.2, 0.25) is 0 Å². The van der Waals surface area contributed by atoms with Gasteiger partial charge in [0.2, 0.25) is 5.91 Å². The van der Waals surface area contributed by atoms with Crippen LogP contribution in [0.4, 0.5) is 10.1 Å². The molecule has 0 heterocycles. The second kappa shape index (κ2) is 7.75. The quantitative estimate of drug-likeness (QED) is 0.804. The number of likely N-dealkylation sites (N-methyl/N-ethyl adjacent to an activating group) is 1. The van der Waals surface area contributed by atoms with Crippen molar-refractivity contribution in [3.05, 3.63) is 29.6 Å². The first-order chi connectivity index (χ1) is 11.3. The van der Waals surface area contributed by atoms with Gasteiger partial charge in [-0.3, -0.25) is 9.59 Å². The van der Waals surface area contributed by atoms with E-state index in [0.29, 0.717) is 6.42 Å². The number of hydrogen-bond donors (Lipinski definition) is 2. The molecule has 0 bridgehead atoms. The van der Waals surface area contributed by atoms with Gasteiger partial charge in [0.1, 0.15) is 5.82 Å². The fourth-order valence-electron chi connectivity index (χ4n) is 2.54. The van der Waals surface area contributed by atoms with Gasteiger partial charge < -0.3 is 15.3 Å². The van der Waals surface area contributed by atoms with Crippen molar-refractivity contribution in [1.29, 1.82) is 0 Å². The molecule has 1 fully saturated rings. The molecule has 0 saturated heterocycles. The number of hydrogen-bond acceptors (Lipinski definition) is 3. The Morgan fingerprint density at radius 3 is 2.58 bits per heavy atom. The molecule has 1 aromatic carbocycles. The van der Waals surface area contributed by atoms with E-state index in [0.717, 1.165) is 18.9 Å². The highest BCUT2D eigenvalue weighted by Gasteiger charge is 2.31. The molecule has 0 aromatic heterocycles. The summed E-state index contributed by atoms with van der Waals surface area (Å²) in [5.74, 6) is -0.800. The monoisotopic (exact) mass is 336 g/mol. The molecule has 2 amide bonds. The molecule has 1 atom stereocenters. The molecule has 2 rings (SSSR count). The van der Waals surface area contributed by atoms with Crippen molar-refractivity contribution in [3.8, 4) is 0 Å². The zero-order chi connectivity index (χ0) is 17.9. The van der Waals surface area contributed by atoms with Crippen molar-refractivity contribution in [2.75, 3.05) is 18.9 Å². The van der Waals surface area contributed by atoms with Gasteiger partial charge in [-0.05, 0) is 42.9 Å². The van der Waals surface area contributed by atoms with E-state index in [9.17, 15) is 19.1 Å². The van der Waals surface area contributed by atoms with Crippen LogP contribution < -0.4 is 5.32 Å². The molecule has 2 N–H and O–H groups in total. The third kappa shape index (κ3) is 5.03. The van der Waals surface area contributed by atoms with Gasteiger partial charge in [0.15, 0.2) is 0 Å². The van der Waals surface area contributed by atoms with Gasteiger partial charge in [-0.25, -0.2) is 4.39 Å². The largest absolute Gasteiger partial charge is 0.391 e. The minimum atomic E-state index is -0.644. The molecule has 0 aliphatic heterocycles. The molecule has 1 aliphatic carbocycles. The molecular formula is C18H25FN2O3. The molecule has 6 heteroatoms. The molecule has 1 aliphatic rings. The minimum absolute atomic E-state index is 0.0675. The number of carbonyl (C=O) groups excluding carboxylic acids is 2. The van der Waals surface area contributed by atoms with Crippen molar-refractivity contribution in [3.63, 3.8) is 0 Å². The Balaban J connectivity index is 1.99. The normalized spacial score (nSPS) is 15.2. The lowest BCUT2D eigenvalue weighted by molar-refractivity contribution is -0.116. The maximum atomic E-state index is 14.1. The van der Waals surface area contributed by atoms with Crippen LogP contribution in [-0.4, -0.2) is 41.5 Å². The number of aliphatic hydroxyl groups is 1. The number of anilines is 1. The number of amides is 2. The highest BCUT2D eigenvalue weighted by Crippen LogP contribution is 2.32. The van der Waals surface area contributed by atoms with E-state index in [4.69, 9.17) is 0 Å². The van der Waals surface area contributed by atoms with Crippen molar-refractivity contribution in [2.45, 2.75) is 39.2 Å². The van der Waals surface area contributed by atoms with Gasteiger partial charge in [0.05, 0.1) is 11.8 Å². The lowest BCUT2D eigenvalue weighted by Crippen LogP contribution is -2.35. The molecule has 24 heavy (non-hydrogen) atoms. The SMILES string of the molecule is CC(C)CC(=O)Nc1ccc(C(=O)N(C)CC(O)C2CC2)cc1F. The Bertz CT molecular complexity index is 614. The number of rotatable bonds is 7. The summed E-state index contributed by atoms with van der Waals surface area (Å²) >= 11 is 0. The predicted octanol–water partition coefficient (Wildman–Crippen LogP) is 2.65. The van der Waals surface area contributed by atoms with Crippen LogP contribution >= 0.6 is 0 Å². The molecule has 132 valence electrons. The van der Waals surface area contributed by atoms with Gasteiger partial charge in [0.25, 0.3) is 5.91 Å². The van der Waals surface area contributed by atoms with E-state index in [-0.39, 0.29) is 41.4 Å². The standard InChI is InChI=1S/C18H25FN2O3/c1-11(2)8-17(23)20-15-7-6-13(9-14(15)19)18(24)21(3)10-16(22)12-4-5-12/h6-7,9,11-12,16,22H,4-5,8,10H2,1-3H3,(H,20,23). The highest BCUT2D eigenvalue weighted by molar-refractivity contribution is 5.95. The lowest BCUT2D eigenvalue weighted by atomic mass is 10.1. The van der Waals surface area contributed by atoms with E-state index >= 15 is 0 Å². The summed E-state index contributed by atoms with van der Waals surface area (Å²) in [7, 11) is 1.59. The third-order valence-electron chi connectivity index (χ3n) is 4.06. The summed E-state index contributed by atoms with van der Waals surface area (Å²) in [4.78, 5) is 25.4. The summed E-state index contributed by atoms with van der Waals surface area (Å²) in [5, 5.41) is 12.4. The van der Waals surface area contributed by atoms with Crippen LogP contribution in [0.5, 0.6) is 0 Å². The van der Waals surface area contributed by atoms with Crippen LogP contribution in [-0.2, 0) is 4.79 Å². The maximum absolute atomic E-state index is 14.1. The van der Waals surface area contributed by atoms with Crippen LogP contribution in [0.1, 0.15) is 43.5 Å². The fraction of sp³-hybridized carbons (Fsp3) is 0.556.